The Labute approximate surface area is 142 Å². The fraction of sp³-hybridized carbons (Fsp3) is 0.316. The molecule has 0 saturated carbocycles. The highest BCUT2D eigenvalue weighted by Crippen LogP contribution is 2.16. The van der Waals surface area contributed by atoms with E-state index in [-0.39, 0.29) is 17.8 Å². The average molecular weight is 330 g/mol. The van der Waals surface area contributed by atoms with Gasteiger partial charge < -0.3 is 15.1 Å². The van der Waals surface area contributed by atoms with Crippen LogP contribution in [0.25, 0.3) is 0 Å². The molecule has 0 spiro atoms. The normalized spacial score (nSPS) is 12.1. The molecule has 128 valence electrons. The van der Waals surface area contributed by atoms with Crippen LogP contribution in [0.2, 0.25) is 0 Å². The first-order valence-corrected chi connectivity index (χ1v) is 7.99. The third kappa shape index (κ3) is 4.55. The molecule has 2 rings (SSSR count). The summed E-state index contributed by atoms with van der Waals surface area (Å²) in [6.07, 6.45) is 0. The van der Waals surface area contributed by atoms with E-state index in [9.17, 15) is 9.18 Å². The van der Waals surface area contributed by atoms with Gasteiger partial charge in [0.1, 0.15) is 11.9 Å². The van der Waals surface area contributed by atoms with E-state index in [0.717, 1.165) is 5.69 Å². The lowest BCUT2D eigenvalue weighted by atomic mass is 10.0. The molecule has 0 radical (unpaired) electrons. The minimum absolute atomic E-state index is 0.144. The summed E-state index contributed by atoms with van der Waals surface area (Å²) in [6.45, 7) is 0.514. The van der Waals surface area contributed by atoms with E-state index in [1.807, 2.05) is 14.1 Å². The quantitative estimate of drug-likeness (QED) is 0.842. The topological polar surface area (TPSA) is 36.8 Å². The maximum atomic E-state index is 12.9. The van der Waals surface area contributed by atoms with Crippen molar-refractivity contribution in [2.45, 2.75) is 6.04 Å². The Bertz CT molecular complexity index is 666. The standard InChI is InChI=1S/C19H24FN3O/c1-22(2)17-11-7-14(8-12-17)18(23(3)4)13-21-19(24)15-5-9-16(20)10-6-15/h5-12,18H,13H2,1-4H3,(H,21,24)/p+1/t18-/m1/s1. The van der Waals surface area contributed by atoms with Gasteiger partial charge in [-0.25, -0.2) is 4.39 Å². The van der Waals surface area contributed by atoms with Gasteiger partial charge in [-0.15, -0.1) is 0 Å². The molecule has 0 fully saturated rings. The first-order valence-electron chi connectivity index (χ1n) is 7.99. The lowest BCUT2D eigenvalue weighted by Gasteiger charge is -2.23. The maximum Gasteiger partial charge on any atom is 0.251 e. The van der Waals surface area contributed by atoms with Gasteiger partial charge >= 0.3 is 0 Å². The second-order valence-electron chi connectivity index (χ2n) is 6.33. The molecular formula is C19H25FN3O+. The zero-order valence-electron chi connectivity index (χ0n) is 14.6. The Morgan fingerprint density at radius 2 is 1.67 bits per heavy atom. The van der Waals surface area contributed by atoms with Crippen LogP contribution in [0.1, 0.15) is 22.0 Å². The van der Waals surface area contributed by atoms with Gasteiger partial charge in [0.2, 0.25) is 0 Å². The van der Waals surface area contributed by atoms with E-state index < -0.39 is 0 Å². The molecule has 2 aromatic rings. The first-order chi connectivity index (χ1) is 11.4. The average Bonchev–Trinajstić information content (AvgIpc) is 2.55. The predicted molar refractivity (Wildman–Crippen MR) is 95.1 cm³/mol. The molecule has 1 atom stereocenters. The fourth-order valence-electron chi connectivity index (χ4n) is 2.56. The summed E-state index contributed by atoms with van der Waals surface area (Å²) in [4.78, 5) is 15.5. The number of amides is 1. The van der Waals surface area contributed by atoms with Gasteiger partial charge in [-0.05, 0) is 36.4 Å². The van der Waals surface area contributed by atoms with Crippen molar-refractivity contribution in [2.24, 2.45) is 0 Å². The van der Waals surface area contributed by atoms with Crippen LogP contribution in [0.3, 0.4) is 0 Å². The van der Waals surface area contributed by atoms with E-state index in [1.165, 1.54) is 34.7 Å². The SMILES string of the molecule is CN(C)c1ccc([C@@H](CNC(=O)c2ccc(F)cc2)[NH+](C)C)cc1. The first kappa shape index (κ1) is 17.9. The number of nitrogens with one attached hydrogen (secondary N) is 2. The zero-order chi connectivity index (χ0) is 17.7. The number of likely N-dealkylation sites (N-methyl/N-ethyl adjacent to an activating group) is 1. The molecule has 0 aliphatic carbocycles. The molecule has 2 N–H and O–H groups in total. The molecule has 0 unspecified atom stereocenters. The van der Waals surface area contributed by atoms with Crippen LogP contribution < -0.4 is 15.1 Å². The van der Waals surface area contributed by atoms with Crippen molar-refractivity contribution in [3.63, 3.8) is 0 Å². The molecule has 5 heteroatoms. The summed E-state index contributed by atoms with van der Waals surface area (Å²) in [6, 6.07) is 14.1. The van der Waals surface area contributed by atoms with E-state index in [1.54, 1.807) is 0 Å². The number of hydrogen-bond acceptors (Lipinski definition) is 2. The molecule has 1 amide bonds. The van der Waals surface area contributed by atoms with Crippen molar-refractivity contribution in [2.75, 3.05) is 39.6 Å². The highest BCUT2D eigenvalue weighted by atomic mass is 19.1. The number of anilines is 1. The number of carbonyl (C=O) groups excluding carboxylic acids is 1. The molecule has 0 aliphatic heterocycles. The molecule has 0 aromatic heterocycles. The lowest BCUT2D eigenvalue weighted by molar-refractivity contribution is -0.890. The third-order valence-corrected chi connectivity index (χ3v) is 4.08. The number of hydrogen-bond donors (Lipinski definition) is 2. The minimum Gasteiger partial charge on any atom is -0.378 e. The van der Waals surface area contributed by atoms with Crippen LogP contribution in [0.4, 0.5) is 10.1 Å². The molecule has 2 aromatic carbocycles. The van der Waals surface area contributed by atoms with Crippen molar-refractivity contribution in [1.82, 2.24) is 5.32 Å². The van der Waals surface area contributed by atoms with E-state index in [0.29, 0.717) is 12.1 Å². The highest BCUT2D eigenvalue weighted by Gasteiger charge is 2.19. The molecule has 0 heterocycles. The molecule has 4 nitrogen and oxygen atoms in total. The molecule has 24 heavy (non-hydrogen) atoms. The largest absolute Gasteiger partial charge is 0.378 e. The summed E-state index contributed by atoms with van der Waals surface area (Å²) < 4.78 is 12.9. The van der Waals surface area contributed by atoms with Crippen LogP contribution in [-0.2, 0) is 0 Å². The van der Waals surface area contributed by atoms with Crippen LogP contribution in [0, 0.1) is 5.82 Å². The summed E-state index contributed by atoms with van der Waals surface area (Å²) in [5.41, 5.74) is 2.77. The Morgan fingerprint density at radius 1 is 1.08 bits per heavy atom. The Balaban J connectivity index is 2.05. The molecule has 0 bridgehead atoms. The second kappa shape index (κ2) is 7.93. The van der Waals surface area contributed by atoms with Gasteiger partial charge in [0, 0.05) is 30.9 Å². The number of nitrogens with zero attached hydrogens (tertiary/aromatic N) is 1. The number of halogens is 1. The molecule has 0 aliphatic rings. The number of rotatable bonds is 6. The minimum atomic E-state index is -0.344. The number of benzene rings is 2. The van der Waals surface area contributed by atoms with Gasteiger partial charge in [-0.2, -0.15) is 0 Å². The van der Waals surface area contributed by atoms with Crippen LogP contribution >= 0.6 is 0 Å². The van der Waals surface area contributed by atoms with Crippen molar-refractivity contribution in [3.05, 3.63) is 65.5 Å². The fourth-order valence-corrected chi connectivity index (χ4v) is 2.56. The number of quaternary nitrogens is 1. The van der Waals surface area contributed by atoms with E-state index >= 15 is 0 Å². The summed E-state index contributed by atoms with van der Waals surface area (Å²) in [7, 11) is 8.14. The van der Waals surface area contributed by atoms with Gasteiger partial charge in [-0.3, -0.25) is 4.79 Å². The van der Waals surface area contributed by atoms with Crippen LogP contribution in [0.15, 0.2) is 48.5 Å². The van der Waals surface area contributed by atoms with E-state index in [4.69, 9.17) is 0 Å². The van der Waals surface area contributed by atoms with Crippen LogP contribution in [-0.4, -0.2) is 40.6 Å². The van der Waals surface area contributed by atoms with Gasteiger partial charge in [0.25, 0.3) is 5.91 Å². The summed E-state index contributed by atoms with van der Waals surface area (Å²) >= 11 is 0. The van der Waals surface area contributed by atoms with E-state index in [2.05, 4.69) is 48.6 Å². The maximum absolute atomic E-state index is 12.9. The Hall–Kier alpha value is -2.40. The van der Waals surface area contributed by atoms with Crippen molar-refractivity contribution in [1.29, 1.82) is 0 Å². The predicted octanol–water partition coefficient (Wildman–Crippen LogP) is 1.51. The second-order valence-corrected chi connectivity index (χ2v) is 6.33. The third-order valence-electron chi connectivity index (χ3n) is 4.08. The van der Waals surface area contributed by atoms with Gasteiger partial charge in [-0.1, -0.05) is 12.1 Å². The Morgan fingerprint density at radius 3 is 2.17 bits per heavy atom. The molecular weight excluding hydrogens is 305 g/mol. The number of carbonyl (C=O) groups is 1. The van der Waals surface area contributed by atoms with Crippen LogP contribution in [0.5, 0.6) is 0 Å². The smallest absolute Gasteiger partial charge is 0.251 e. The monoisotopic (exact) mass is 330 g/mol. The van der Waals surface area contributed by atoms with Crippen molar-refractivity contribution in [3.8, 4) is 0 Å². The highest BCUT2D eigenvalue weighted by molar-refractivity contribution is 5.94. The Kier molecular flexibility index (Phi) is 5.93. The van der Waals surface area contributed by atoms with Crippen molar-refractivity contribution < 1.29 is 14.1 Å². The zero-order valence-corrected chi connectivity index (χ0v) is 14.6. The van der Waals surface area contributed by atoms with Crippen molar-refractivity contribution >= 4 is 11.6 Å². The lowest BCUT2D eigenvalue weighted by Crippen LogP contribution is -3.07. The van der Waals surface area contributed by atoms with Gasteiger partial charge in [0.15, 0.2) is 0 Å². The van der Waals surface area contributed by atoms with Gasteiger partial charge in [0.05, 0.1) is 20.6 Å². The summed E-state index contributed by atoms with van der Waals surface area (Å²) in [5.74, 6) is -0.533. The summed E-state index contributed by atoms with van der Waals surface area (Å²) in [5, 5.41) is 2.94. The molecule has 0 saturated heterocycles.